The molecule has 1 aromatic rings. The molecule has 2 rings (SSSR count). The van der Waals surface area contributed by atoms with Crippen LogP contribution in [0.4, 0.5) is 5.82 Å². The van der Waals surface area contributed by atoms with E-state index in [1.165, 1.54) is 12.0 Å². The topological polar surface area (TPSA) is 75.3 Å². The number of aryl methyl sites for hydroxylation is 1. The molecule has 16 heavy (non-hydrogen) atoms. The number of anilines is 1. The molecule has 1 amide bonds. The molecular formula is C10H13N3O3. The zero-order chi connectivity index (χ0) is 11.7. The molecule has 2 heterocycles. The van der Waals surface area contributed by atoms with Gasteiger partial charge >= 0.3 is 5.97 Å². The monoisotopic (exact) mass is 223 g/mol. The molecular weight excluding hydrogens is 210 g/mol. The van der Waals surface area contributed by atoms with Crippen LogP contribution in [0.25, 0.3) is 0 Å². The first kappa shape index (κ1) is 10.7. The van der Waals surface area contributed by atoms with Crippen LogP contribution >= 0.6 is 0 Å². The standard InChI is InChI=1S/C10H13N3O3/c1-6-3-8(12-11-6)13-5-7(4-9(13)14)10(15)16-2/h3,7H,4-5H2,1-2H3,(H,11,12). The van der Waals surface area contributed by atoms with Gasteiger partial charge in [0.25, 0.3) is 0 Å². The van der Waals surface area contributed by atoms with Gasteiger partial charge in [-0.2, -0.15) is 5.10 Å². The summed E-state index contributed by atoms with van der Waals surface area (Å²) in [5.74, 6) is -0.256. The van der Waals surface area contributed by atoms with E-state index in [0.717, 1.165) is 5.69 Å². The zero-order valence-electron chi connectivity index (χ0n) is 9.19. The first-order valence-electron chi connectivity index (χ1n) is 5.02. The van der Waals surface area contributed by atoms with Crippen LogP contribution in [0.5, 0.6) is 0 Å². The van der Waals surface area contributed by atoms with Crippen LogP contribution in [-0.2, 0) is 14.3 Å². The number of aromatic amines is 1. The molecule has 1 fully saturated rings. The van der Waals surface area contributed by atoms with E-state index in [9.17, 15) is 9.59 Å². The van der Waals surface area contributed by atoms with Crippen LogP contribution in [0.3, 0.4) is 0 Å². The van der Waals surface area contributed by atoms with Crippen molar-refractivity contribution in [3.05, 3.63) is 11.8 Å². The van der Waals surface area contributed by atoms with Crippen molar-refractivity contribution in [1.82, 2.24) is 10.2 Å². The Morgan fingerprint density at radius 2 is 2.44 bits per heavy atom. The van der Waals surface area contributed by atoms with Gasteiger partial charge in [-0.1, -0.05) is 0 Å². The number of hydrogen-bond acceptors (Lipinski definition) is 4. The second kappa shape index (κ2) is 3.96. The molecule has 0 spiro atoms. The van der Waals surface area contributed by atoms with Gasteiger partial charge < -0.3 is 4.74 Å². The minimum Gasteiger partial charge on any atom is -0.469 e. The number of esters is 1. The number of methoxy groups -OCH3 is 1. The summed E-state index contributed by atoms with van der Waals surface area (Å²) in [5.41, 5.74) is 0.879. The zero-order valence-corrected chi connectivity index (χ0v) is 9.19. The highest BCUT2D eigenvalue weighted by atomic mass is 16.5. The molecule has 1 atom stereocenters. The third kappa shape index (κ3) is 1.78. The Labute approximate surface area is 92.6 Å². The van der Waals surface area contributed by atoms with Crippen LogP contribution in [0, 0.1) is 12.8 Å². The highest BCUT2D eigenvalue weighted by molar-refractivity contribution is 5.98. The molecule has 1 unspecified atom stereocenters. The Morgan fingerprint density at radius 3 is 3.00 bits per heavy atom. The second-order valence-corrected chi connectivity index (χ2v) is 3.84. The summed E-state index contributed by atoms with van der Waals surface area (Å²) in [5, 5.41) is 6.76. The SMILES string of the molecule is COC(=O)C1CC(=O)N(c2cc(C)[nH]n2)C1. The molecule has 0 saturated carbocycles. The Balaban J connectivity index is 2.14. The van der Waals surface area contributed by atoms with Gasteiger partial charge in [-0.15, -0.1) is 0 Å². The van der Waals surface area contributed by atoms with E-state index < -0.39 is 0 Å². The number of H-pyrrole nitrogens is 1. The molecule has 1 aliphatic heterocycles. The maximum atomic E-state index is 11.7. The molecule has 1 aromatic heterocycles. The summed E-state index contributed by atoms with van der Waals surface area (Å²) in [6, 6.07) is 1.78. The highest BCUT2D eigenvalue weighted by Crippen LogP contribution is 2.24. The highest BCUT2D eigenvalue weighted by Gasteiger charge is 2.36. The molecule has 0 aliphatic carbocycles. The van der Waals surface area contributed by atoms with Crippen molar-refractivity contribution in [3.63, 3.8) is 0 Å². The number of hydrogen-bond donors (Lipinski definition) is 1. The summed E-state index contributed by atoms with van der Waals surface area (Å²) < 4.78 is 4.63. The summed E-state index contributed by atoms with van der Waals surface area (Å²) in [6.45, 7) is 2.20. The van der Waals surface area contributed by atoms with Gasteiger partial charge in [0.2, 0.25) is 5.91 Å². The van der Waals surface area contributed by atoms with Crippen LogP contribution in [-0.4, -0.2) is 35.7 Å². The van der Waals surface area contributed by atoms with E-state index in [1.54, 1.807) is 6.07 Å². The van der Waals surface area contributed by atoms with Gasteiger partial charge in [0.05, 0.1) is 13.0 Å². The first-order chi connectivity index (χ1) is 7.61. The lowest BCUT2D eigenvalue weighted by Gasteiger charge is -2.12. The number of ether oxygens (including phenoxy) is 1. The molecule has 1 N–H and O–H groups in total. The Morgan fingerprint density at radius 1 is 1.69 bits per heavy atom. The van der Waals surface area contributed by atoms with Crippen molar-refractivity contribution in [1.29, 1.82) is 0 Å². The largest absolute Gasteiger partial charge is 0.469 e. The van der Waals surface area contributed by atoms with Crippen LogP contribution in [0.1, 0.15) is 12.1 Å². The summed E-state index contributed by atoms with van der Waals surface area (Å²) in [4.78, 5) is 24.5. The van der Waals surface area contributed by atoms with Crippen molar-refractivity contribution >= 4 is 17.7 Å². The Kier molecular flexibility index (Phi) is 2.64. The lowest BCUT2D eigenvalue weighted by molar-refractivity contribution is -0.145. The molecule has 6 heteroatoms. The van der Waals surface area contributed by atoms with E-state index >= 15 is 0 Å². The van der Waals surface area contributed by atoms with Crippen molar-refractivity contribution in [2.75, 3.05) is 18.6 Å². The summed E-state index contributed by atoms with van der Waals surface area (Å²) in [6.07, 6.45) is 0.193. The van der Waals surface area contributed by atoms with Gasteiger partial charge in [-0.3, -0.25) is 19.6 Å². The lowest BCUT2D eigenvalue weighted by Crippen LogP contribution is -2.26. The number of carbonyl (C=O) groups is 2. The van der Waals surface area contributed by atoms with E-state index in [4.69, 9.17) is 0 Å². The van der Waals surface area contributed by atoms with Crippen molar-refractivity contribution in [3.8, 4) is 0 Å². The van der Waals surface area contributed by atoms with E-state index in [-0.39, 0.29) is 24.2 Å². The van der Waals surface area contributed by atoms with E-state index in [2.05, 4.69) is 14.9 Å². The second-order valence-electron chi connectivity index (χ2n) is 3.84. The predicted molar refractivity (Wildman–Crippen MR) is 55.8 cm³/mol. The molecule has 0 aromatic carbocycles. The fourth-order valence-corrected chi connectivity index (χ4v) is 1.80. The maximum absolute atomic E-state index is 11.7. The summed E-state index contributed by atoms with van der Waals surface area (Å²) in [7, 11) is 1.33. The minimum absolute atomic E-state index is 0.0955. The van der Waals surface area contributed by atoms with E-state index in [1.807, 2.05) is 6.92 Å². The lowest BCUT2D eigenvalue weighted by atomic mass is 10.1. The Hall–Kier alpha value is -1.85. The minimum atomic E-state index is -0.380. The van der Waals surface area contributed by atoms with Crippen molar-refractivity contribution in [2.24, 2.45) is 5.92 Å². The van der Waals surface area contributed by atoms with Gasteiger partial charge in [-0.05, 0) is 6.92 Å². The van der Waals surface area contributed by atoms with Crippen molar-refractivity contribution in [2.45, 2.75) is 13.3 Å². The molecule has 0 bridgehead atoms. The third-order valence-corrected chi connectivity index (χ3v) is 2.63. The Bertz CT molecular complexity index is 427. The maximum Gasteiger partial charge on any atom is 0.311 e. The fraction of sp³-hybridized carbons (Fsp3) is 0.500. The molecule has 1 saturated heterocycles. The first-order valence-corrected chi connectivity index (χ1v) is 5.02. The third-order valence-electron chi connectivity index (χ3n) is 2.63. The average Bonchev–Trinajstić information content (AvgIpc) is 2.83. The average molecular weight is 223 g/mol. The summed E-state index contributed by atoms with van der Waals surface area (Å²) >= 11 is 0. The number of nitrogens with zero attached hydrogens (tertiary/aromatic N) is 2. The van der Waals surface area contributed by atoms with Gasteiger partial charge in [0.1, 0.15) is 0 Å². The van der Waals surface area contributed by atoms with Gasteiger partial charge in [0, 0.05) is 24.7 Å². The number of carbonyl (C=O) groups excluding carboxylic acids is 2. The quantitative estimate of drug-likeness (QED) is 0.729. The number of rotatable bonds is 2. The van der Waals surface area contributed by atoms with Crippen LogP contribution < -0.4 is 4.90 Å². The van der Waals surface area contributed by atoms with Crippen LogP contribution in [0.2, 0.25) is 0 Å². The smallest absolute Gasteiger partial charge is 0.311 e. The normalized spacial score (nSPS) is 20.2. The molecule has 0 radical (unpaired) electrons. The van der Waals surface area contributed by atoms with Gasteiger partial charge in [-0.25, -0.2) is 0 Å². The number of aromatic nitrogens is 2. The molecule has 86 valence electrons. The molecule has 6 nitrogen and oxygen atoms in total. The van der Waals surface area contributed by atoms with Gasteiger partial charge in [0.15, 0.2) is 5.82 Å². The van der Waals surface area contributed by atoms with Crippen LogP contribution in [0.15, 0.2) is 6.07 Å². The van der Waals surface area contributed by atoms with E-state index in [0.29, 0.717) is 12.4 Å². The molecule has 1 aliphatic rings. The number of nitrogens with one attached hydrogen (secondary N) is 1. The predicted octanol–water partition coefficient (Wildman–Crippen LogP) is 0.244. The van der Waals surface area contributed by atoms with Crippen molar-refractivity contribution < 1.29 is 14.3 Å². The fourth-order valence-electron chi connectivity index (χ4n) is 1.80. The number of amides is 1.